The van der Waals surface area contributed by atoms with Crippen LogP contribution in [0.15, 0.2) is 54.6 Å². The second kappa shape index (κ2) is 6.70. The summed E-state index contributed by atoms with van der Waals surface area (Å²) in [5, 5.41) is 13.8. The lowest BCUT2D eigenvalue weighted by Gasteiger charge is -2.21. The number of ether oxygens (including phenoxy) is 1. The van der Waals surface area contributed by atoms with E-state index >= 15 is 0 Å². The Balaban J connectivity index is 1.89. The molecule has 0 bridgehead atoms. The van der Waals surface area contributed by atoms with E-state index in [1.54, 1.807) is 7.11 Å². The molecule has 24 heavy (non-hydrogen) atoms. The van der Waals surface area contributed by atoms with Crippen LogP contribution < -0.4 is 10.1 Å². The van der Waals surface area contributed by atoms with Gasteiger partial charge >= 0.3 is 0 Å². The van der Waals surface area contributed by atoms with Gasteiger partial charge in [0.15, 0.2) is 0 Å². The lowest BCUT2D eigenvalue weighted by molar-refractivity contribution is -0.497. The molecule has 1 aliphatic carbocycles. The van der Waals surface area contributed by atoms with Crippen molar-refractivity contribution in [2.75, 3.05) is 7.11 Å². The summed E-state index contributed by atoms with van der Waals surface area (Å²) in [6, 6.07) is 15.8. The molecule has 1 amide bonds. The maximum Gasteiger partial charge on any atom is 0.231 e. The Morgan fingerprint density at radius 1 is 1.21 bits per heavy atom. The Kier molecular flexibility index (Phi) is 4.46. The quantitative estimate of drug-likeness (QED) is 0.653. The van der Waals surface area contributed by atoms with Crippen LogP contribution in [0.1, 0.15) is 23.6 Å². The van der Waals surface area contributed by atoms with Crippen LogP contribution in [0.25, 0.3) is 0 Å². The number of para-hydroxylation sites is 1. The molecule has 0 spiro atoms. The van der Waals surface area contributed by atoms with Crippen molar-refractivity contribution in [1.82, 2.24) is 5.32 Å². The Hall–Kier alpha value is -2.89. The number of nitro groups is 1. The van der Waals surface area contributed by atoms with Gasteiger partial charge in [0.2, 0.25) is 11.9 Å². The average Bonchev–Trinajstić information content (AvgIpc) is 3.41. The van der Waals surface area contributed by atoms with Crippen LogP contribution in [0.3, 0.4) is 0 Å². The molecule has 0 heterocycles. The fourth-order valence-electron chi connectivity index (χ4n) is 2.84. The SMILES string of the molecule is COc1ccccc1[C@H](NC(=O)[C@@H]1C[C@@H]1[N+](=O)[O-])c1ccccc1. The number of hydrogen-bond donors (Lipinski definition) is 1. The van der Waals surface area contributed by atoms with Crippen LogP contribution in [-0.2, 0) is 4.79 Å². The van der Waals surface area contributed by atoms with Crippen molar-refractivity contribution < 1.29 is 14.5 Å². The normalized spacial score (nSPS) is 20.0. The van der Waals surface area contributed by atoms with E-state index in [-0.39, 0.29) is 10.8 Å². The first-order valence-corrected chi connectivity index (χ1v) is 7.73. The summed E-state index contributed by atoms with van der Waals surface area (Å²) in [6.45, 7) is 0. The summed E-state index contributed by atoms with van der Waals surface area (Å²) in [5.41, 5.74) is 1.71. The van der Waals surface area contributed by atoms with Crippen LogP contribution in [0.5, 0.6) is 5.75 Å². The van der Waals surface area contributed by atoms with Crippen molar-refractivity contribution in [2.24, 2.45) is 5.92 Å². The molecule has 0 aliphatic heterocycles. The van der Waals surface area contributed by atoms with Gasteiger partial charge in [-0.05, 0) is 11.6 Å². The topological polar surface area (TPSA) is 81.5 Å². The molecule has 0 saturated heterocycles. The van der Waals surface area contributed by atoms with Crippen molar-refractivity contribution in [3.05, 3.63) is 75.8 Å². The highest BCUT2D eigenvalue weighted by Gasteiger charge is 2.53. The zero-order chi connectivity index (χ0) is 17.1. The van der Waals surface area contributed by atoms with E-state index in [0.717, 1.165) is 11.1 Å². The molecule has 6 nitrogen and oxygen atoms in total. The van der Waals surface area contributed by atoms with Crippen LogP contribution in [-0.4, -0.2) is 24.0 Å². The highest BCUT2D eigenvalue weighted by Crippen LogP contribution is 2.35. The van der Waals surface area contributed by atoms with E-state index in [9.17, 15) is 14.9 Å². The minimum atomic E-state index is -0.765. The molecular formula is C18H18N2O4. The van der Waals surface area contributed by atoms with Gasteiger partial charge in [-0.1, -0.05) is 48.5 Å². The second-order valence-corrected chi connectivity index (χ2v) is 5.79. The Bertz CT molecular complexity index is 748. The molecule has 3 rings (SSSR count). The minimum Gasteiger partial charge on any atom is -0.496 e. The van der Waals surface area contributed by atoms with Crippen molar-refractivity contribution >= 4 is 5.91 Å². The van der Waals surface area contributed by atoms with Gasteiger partial charge in [-0.25, -0.2) is 0 Å². The highest BCUT2D eigenvalue weighted by molar-refractivity contribution is 5.83. The third-order valence-electron chi connectivity index (χ3n) is 4.23. The molecule has 2 aromatic carbocycles. The zero-order valence-electron chi connectivity index (χ0n) is 13.2. The summed E-state index contributed by atoms with van der Waals surface area (Å²) in [5.74, 6) is -0.189. The maximum absolute atomic E-state index is 12.4. The van der Waals surface area contributed by atoms with Gasteiger partial charge in [-0.2, -0.15) is 0 Å². The van der Waals surface area contributed by atoms with E-state index in [2.05, 4.69) is 5.32 Å². The smallest absolute Gasteiger partial charge is 0.231 e. The number of nitrogens with zero attached hydrogens (tertiary/aromatic N) is 1. The summed E-state index contributed by atoms with van der Waals surface area (Å²) in [4.78, 5) is 22.8. The molecule has 1 saturated carbocycles. The highest BCUT2D eigenvalue weighted by atomic mass is 16.6. The predicted molar refractivity (Wildman–Crippen MR) is 88.3 cm³/mol. The van der Waals surface area contributed by atoms with Gasteiger partial charge in [-0.15, -0.1) is 0 Å². The Labute approximate surface area is 139 Å². The molecule has 0 aromatic heterocycles. The molecule has 2 aromatic rings. The molecular weight excluding hydrogens is 308 g/mol. The van der Waals surface area contributed by atoms with Crippen LogP contribution in [0.2, 0.25) is 0 Å². The monoisotopic (exact) mass is 326 g/mol. The predicted octanol–water partition coefficient (Wildman–Crippen LogP) is 2.57. The van der Waals surface area contributed by atoms with Crippen LogP contribution >= 0.6 is 0 Å². The largest absolute Gasteiger partial charge is 0.496 e. The lowest BCUT2D eigenvalue weighted by Crippen LogP contribution is -2.32. The summed E-state index contributed by atoms with van der Waals surface area (Å²) in [6.07, 6.45) is 0.298. The summed E-state index contributed by atoms with van der Waals surface area (Å²) < 4.78 is 5.41. The summed E-state index contributed by atoms with van der Waals surface area (Å²) >= 11 is 0. The Morgan fingerprint density at radius 3 is 2.50 bits per heavy atom. The van der Waals surface area contributed by atoms with Gasteiger partial charge in [0.1, 0.15) is 11.7 Å². The van der Waals surface area contributed by atoms with Gasteiger partial charge in [-0.3, -0.25) is 14.9 Å². The number of carbonyl (C=O) groups is 1. The van der Waals surface area contributed by atoms with Crippen molar-refractivity contribution in [2.45, 2.75) is 18.5 Å². The van der Waals surface area contributed by atoms with Crippen molar-refractivity contribution in [1.29, 1.82) is 0 Å². The van der Waals surface area contributed by atoms with E-state index in [4.69, 9.17) is 4.74 Å². The third-order valence-corrected chi connectivity index (χ3v) is 4.23. The standard InChI is InChI=1S/C18H18N2O4/c1-24-16-10-6-5-9-13(16)17(12-7-3-2-4-8-12)19-18(21)14-11-15(14)20(22)23/h2-10,14-15,17H,11H2,1H3,(H,19,21)/t14-,15+,17-/m1/s1. The van der Waals surface area contributed by atoms with Gasteiger partial charge in [0, 0.05) is 16.9 Å². The first kappa shape index (κ1) is 16.0. The molecule has 3 atom stereocenters. The van der Waals surface area contributed by atoms with E-state index in [1.165, 1.54) is 0 Å². The van der Waals surface area contributed by atoms with Crippen LogP contribution in [0.4, 0.5) is 0 Å². The number of amides is 1. The Morgan fingerprint density at radius 2 is 1.88 bits per heavy atom. The van der Waals surface area contributed by atoms with Crippen molar-refractivity contribution in [3.8, 4) is 5.75 Å². The zero-order valence-corrected chi connectivity index (χ0v) is 13.2. The van der Waals surface area contributed by atoms with Gasteiger partial charge < -0.3 is 10.1 Å². The van der Waals surface area contributed by atoms with E-state index < -0.39 is 18.0 Å². The number of benzene rings is 2. The number of methoxy groups -OCH3 is 1. The van der Waals surface area contributed by atoms with Gasteiger partial charge in [0.05, 0.1) is 13.2 Å². The first-order chi connectivity index (χ1) is 11.6. The summed E-state index contributed by atoms with van der Waals surface area (Å²) in [7, 11) is 1.58. The molecule has 1 aliphatic rings. The second-order valence-electron chi connectivity index (χ2n) is 5.79. The molecule has 124 valence electrons. The molecule has 0 unspecified atom stereocenters. The van der Waals surface area contributed by atoms with Gasteiger partial charge in [0.25, 0.3) is 0 Å². The average molecular weight is 326 g/mol. The first-order valence-electron chi connectivity index (χ1n) is 7.73. The van der Waals surface area contributed by atoms with E-state index in [1.807, 2.05) is 54.6 Å². The fourth-order valence-corrected chi connectivity index (χ4v) is 2.84. The lowest BCUT2D eigenvalue weighted by atomic mass is 9.97. The minimum absolute atomic E-state index is 0.295. The number of carbonyl (C=O) groups excluding carboxylic acids is 1. The number of hydrogen-bond acceptors (Lipinski definition) is 4. The maximum atomic E-state index is 12.4. The molecule has 0 radical (unpaired) electrons. The third kappa shape index (κ3) is 3.22. The molecule has 6 heteroatoms. The molecule has 1 N–H and O–H groups in total. The van der Waals surface area contributed by atoms with Crippen molar-refractivity contribution in [3.63, 3.8) is 0 Å². The molecule has 1 fully saturated rings. The number of rotatable bonds is 6. The fraction of sp³-hybridized carbons (Fsp3) is 0.278. The number of nitrogens with one attached hydrogen (secondary N) is 1. The van der Waals surface area contributed by atoms with Crippen LogP contribution in [0, 0.1) is 16.0 Å². The van der Waals surface area contributed by atoms with E-state index in [0.29, 0.717) is 12.2 Å².